The van der Waals surface area contributed by atoms with Gasteiger partial charge >= 0.3 is 0 Å². The van der Waals surface area contributed by atoms with Crippen molar-refractivity contribution < 1.29 is 8.42 Å². The first-order valence-corrected chi connectivity index (χ1v) is 9.58. The summed E-state index contributed by atoms with van der Waals surface area (Å²) in [5, 5.41) is 18.2. The summed E-state index contributed by atoms with van der Waals surface area (Å²) in [7, 11) is -2.83. The maximum atomic E-state index is 11.4. The Morgan fingerprint density at radius 1 is 1.38 bits per heavy atom. The van der Waals surface area contributed by atoms with E-state index in [0.717, 1.165) is 29.3 Å². The highest BCUT2D eigenvalue weighted by atomic mass is 32.2. The number of piperidine rings is 1. The minimum atomic E-state index is -2.83. The molecule has 3 aromatic rings. The molecule has 9 nitrogen and oxygen atoms in total. The van der Waals surface area contributed by atoms with Gasteiger partial charge < -0.3 is 4.98 Å². The fraction of sp³-hybridized carbons (Fsp3) is 0.438. The standard InChI is InChI=1S/C16H17N7O2S/c1-9-19-14(10-3-2-6-23(8-10)12(7-17)26(24)25)13-11-4-5-18-15(11)21-22-16(13)20-9/h4-5,10,12,26H,2-3,6,8H2,1H3,(H,18,21). The first-order valence-electron chi connectivity index (χ1n) is 8.33. The smallest absolute Gasteiger partial charge is 0.198 e. The van der Waals surface area contributed by atoms with Crippen molar-refractivity contribution in [2.24, 2.45) is 0 Å². The summed E-state index contributed by atoms with van der Waals surface area (Å²) in [6.45, 7) is 2.85. The molecule has 0 spiro atoms. The number of nitrogens with one attached hydrogen (secondary N) is 1. The van der Waals surface area contributed by atoms with Crippen LogP contribution in [0.2, 0.25) is 0 Å². The van der Waals surface area contributed by atoms with Gasteiger partial charge in [0, 0.05) is 30.6 Å². The first-order chi connectivity index (χ1) is 12.6. The average Bonchev–Trinajstić information content (AvgIpc) is 3.10. The maximum absolute atomic E-state index is 11.4. The van der Waals surface area contributed by atoms with E-state index in [4.69, 9.17) is 0 Å². The van der Waals surface area contributed by atoms with E-state index in [-0.39, 0.29) is 5.92 Å². The summed E-state index contributed by atoms with van der Waals surface area (Å²) in [4.78, 5) is 13.8. The number of rotatable bonds is 3. The molecule has 4 rings (SSSR count). The lowest BCUT2D eigenvalue weighted by atomic mass is 9.92. The van der Waals surface area contributed by atoms with Crippen LogP contribution in [-0.2, 0) is 10.7 Å². The maximum Gasteiger partial charge on any atom is 0.198 e. The van der Waals surface area contributed by atoms with Gasteiger partial charge in [-0.1, -0.05) is 0 Å². The number of nitrogens with zero attached hydrogens (tertiary/aromatic N) is 6. The second-order valence-corrected chi connectivity index (χ2v) is 7.48. The first kappa shape index (κ1) is 16.8. The molecular formula is C16H17N7O2S. The largest absolute Gasteiger partial charge is 0.345 e. The van der Waals surface area contributed by atoms with E-state index < -0.39 is 16.1 Å². The topological polar surface area (TPSA) is 129 Å². The summed E-state index contributed by atoms with van der Waals surface area (Å²) in [6, 6.07) is 3.81. The molecule has 0 bridgehead atoms. The molecule has 1 aliphatic heterocycles. The number of hydrogen-bond acceptors (Lipinski definition) is 8. The van der Waals surface area contributed by atoms with Crippen molar-refractivity contribution in [1.82, 2.24) is 30.0 Å². The van der Waals surface area contributed by atoms with Crippen molar-refractivity contribution >= 4 is 32.8 Å². The van der Waals surface area contributed by atoms with E-state index in [0.29, 0.717) is 30.2 Å². The highest BCUT2D eigenvalue weighted by Crippen LogP contribution is 2.33. The lowest BCUT2D eigenvalue weighted by Gasteiger charge is -2.33. The molecule has 3 aromatic heterocycles. The molecule has 1 fully saturated rings. The molecule has 10 heteroatoms. The van der Waals surface area contributed by atoms with Crippen molar-refractivity contribution in [3.05, 3.63) is 23.8 Å². The highest BCUT2D eigenvalue weighted by molar-refractivity contribution is 7.73. The van der Waals surface area contributed by atoms with E-state index in [9.17, 15) is 13.7 Å². The van der Waals surface area contributed by atoms with Crippen LogP contribution in [0.25, 0.3) is 22.1 Å². The van der Waals surface area contributed by atoms with Gasteiger partial charge in [-0.25, -0.2) is 18.4 Å². The number of aromatic amines is 1. The lowest BCUT2D eigenvalue weighted by molar-refractivity contribution is 0.211. The van der Waals surface area contributed by atoms with Crippen LogP contribution in [0, 0.1) is 18.3 Å². The second kappa shape index (κ2) is 6.59. The van der Waals surface area contributed by atoms with E-state index in [2.05, 4.69) is 25.1 Å². The zero-order valence-corrected chi connectivity index (χ0v) is 15.0. The van der Waals surface area contributed by atoms with Crippen LogP contribution in [0.15, 0.2) is 12.3 Å². The Morgan fingerprint density at radius 2 is 2.23 bits per heavy atom. The summed E-state index contributed by atoms with van der Waals surface area (Å²) in [5.41, 5.74) is 2.04. The summed E-state index contributed by atoms with van der Waals surface area (Å²) in [5.74, 6) is 0.599. The number of fused-ring (bicyclic) bond motifs is 3. The van der Waals surface area contributed by atoms with Crippen LogP contribution in [0.4, 0.5) is 0 Å². The van der Waals surface area contributed by atoms with Crippen molar-refractivity contribution in [2.45, 2.75) is 31.1 Å². The minimum absolute atomic E-state index is 0.000972. The number of aryl methyl sites for hydroxylation is 1. The van der Waals surface area contributed by atoms with Crippen LogP contribution >= 0.6 is 0 Å². The molecule has 26 heavy (non-hydrogen) atoms. The van der Waals surface area contributed by atoms with Crippen LogP contribution in [0.3, 0.4) is 0 Å². The summed E-state index contributed by atoms with van der Waals surface area (Å²) < 4.78 is 22.8. The lowest BCUT2D eigenvalue weighted by Crippen LogP contribution is -2.42. The summed E-state index contributed by atoms with van der Waals surface area (Å²) in [6.07, 6.45) is 3.46. The molecule has 1 aliphatic rings. The molecule has 0 aromatic carbocycles. The molecular weight excluding hydrogens is 354 g/mol. The molecule has 0 aliphatic carbocycles. The van der Waals surface area contributed by atoms with Gasteiger partial charge in [0.1, 0.15) is 5.82 Å². The number of nitriles is 1. The normalized spacial score (nSPS) is 19.8. The van der Waals surface area contributed by atoms with Gasteiger partial charge in [-0.2, -0.15) is 5.26 Å². The van der Waals surface area contributed by atoms with Gasteiger partial charge in [-0.15, -0.1) is 10.2 Å². The number of likely N-dealkylation sites (tertiary alicyclic amines) is 1. The Hall–Kier alpha value is -2.64. The predicted octanol–water partition coefficient (Wildman–Crippen LogP) is 0.850. The van der Waals surface area contributed by atoms with E-state index in [1.54, 1.807) is 18.0 Å². The molecule has 0 radical (unpaired) electrons. The zero-order valence-electron chi connectivity index (χ0n) is 14.1. The second-order valence-electron chi connectivity index (χ2n) is 6.42. The van der Waals surface area contributed by atoms with Gasteiger partial charge in [0.15, 0.2) is 27.4 Å². The number of aromatic nitrogens is 5. The molecule has 0 amide bonds. The quantitative estimate of drug-likeness (QED) is 0.648. The third-order valence-corrected chi connectivity index (χ3v) is 5.61. The number of thiol groups is 1. The molecule has 1 N–H and O–H groups in total. The van der Waals surface area contributed by atoms with E-state index in [1.807, 2.05) is 12.1 Å². The van der Waals surface area contributed by atoms with Gasteiger partial charge in [0.05, 0.1) is 17.1 Å². The molecule has 2 unspecified atom stereocenters. The third kappa shape index (κ3) is 2.79. The third-order valence-electron chi connectivity index (χ3n) is 4.77. The van der Waals surface area contributed by atoms with Gasteiger partial charge in [-0.05, 0) is 25.8 Å². The van der Waals surface area contributed by atoms with Gasteiger partial charge in [-0.3, -0.25) is 4.90 Å². The van der Waals surface area contributed by atoms with Gasteiger partial charge in [0.2, 0.25) is 0 Å². The molecule has 1 saturated heterocycles. The van der Waals surface area contributed by atoms with Crippen LogP contribution < -0.4 is 0 Å². The Kier molecular flexibility index (Phi) is 4.26. The van der Waals surface area contributed by atoms with Crippen molar-refractivity contribution in [3.8, 4) is 6.07 Å². The van der Waals surface area contributed by atoms with Crippen molar-refractivity contribution in [2.75, 3.05) is 13.1 Å². The molecule has 134 valence electrons. The minimum Gasteiger partial charge on any atom is -0.345 e. The zero-order chi connectivity index (χ0) is 18.3. The molecule has 2 atom stereocenters. The highest BCUT2D eigenvalue weighted by Gasteiger charge is 2.31. The van der Waals surface area contributed by atoms with Crippen molar-refractivity contribution in [1.29, 1.82) is 5.26 Å². The average molecular weight is 371 g/mol. The van der Waals surface area contributed by atoms with Crippen molar-refractivity contribution in [3.63, 3.8) is 0 Å². The van der Waals surface area contributed by atoms with E-state index >= 15 is 0 Å². The Bertz CT molecular complexity index is 1090. The monoisotopic (exact) mass is 371 g/mol. The Labute approximate surface area is 151 Å². The Balaban J connectivity index is 1.83. The molecule has 4 heterocycles. The Morgan fingerprint density at radius 3 is 3.00 bits per heavy atom. The predicted molar refractivity (Wildman–Crippen MR) is 95.0 cm³/mol. The van der Waals surface area contributed by atoms with Crippen LogP contribution in [-0.4, -0.2) is 56.9 Å². The fourth-order valence-electron chi connectivity index (χ4n) is 3.66. The molecule has 0 saturated carbocycles. The SMILES string of the molecule is Cc1nc(C2CCCN(C(C#N)[SH](=O)=O)C2)c2c(nnc3[nH]ccc32)n1. The summed E-state index contributed by atoms with van der Waals surface area (Å²) >= 11 is 0. The number of H-pyrrole nitrogens is 1. The van der Waals surface area contributed by atoms with Crippen LogP contribution in [0.5, 0.6) is 0 Å². The number of hydrogen-bond donors (Lipinski definition) is 2. The van der Waals surface area contributed by atoms with Gasteiger partial charge in [0.25, 0.3) is 0 Å². The van der Waals surface area contributed by atoms with Crippen LogP contribution in [0.1, 0.15) is 30.3 Å². The van der Waals surface area contributed by atoms with E-state index in [1.165, 1.54) is 0 Å². The fourth-order valence-corrected chi connectivity index (χ4v) is 4.23.